The molecule has 1 aliphatic rings. The van der Waals surface area contributed by atoms with Gasteiger partial charge in [0.05, 0.1) is 28.3 Å². The van der Waals surface area contributed by atoms with E-state index in [0.717, 1.165) is 37.6 Å². The minimum atomic E-state index is -0.255. The van der Waals surface area contributed by atoms with Gasteiger partial charge in [0.2, 0.25) is 0 Å². The van der Waals surface area contributed by atoms with Crippen molar-refractivity contribution in [2.24, 2.45) is 0 Å². The van der Waals surface area contributed by atoms with Crippen LogP contribution in [0.15, 0.2) is 36.4 Å². The van der Waals surface area contributed by atoms with Crippen molar-refractivity contribution >= 4 is 46.4 Å². The molecule has 0 atom stereocenters. The lowest BCUT2D eigenvalue weighted by Crippen LogP contribution is -2.36. The molecular weight excluding hydrogens is 411 g/mol. The molecule has 0 unspecified atom stereocenters. The van der Waals surface area contributed by atoms with Gasteiger partial charge in [-0.15, -0.1) is 0 Å². The maximum atomic E-state index is 12.0. The topological polar surface area (TPSA) is 50.8 Å². The van der Waals surface area contributed by atoms with Gasteiger partial charge < -0.3 is 19.7 Å². The van der Waals surface area contributed by atoms with Crippen molar-refractivity contribution in [1.29, 1.82) is 0 Å². The SMILES string of the molecule is O=C(COc1cc(Cl)c(Cl)cc1Cl)NCc1ccc(N2CCOCC2)cc1. The first-order chi connectivity index (χ1) is 13.0. The molecule has 3 rings (SSSR count). The van der Waals surface area contributed by atoms with Crippen molar-refractivity contribution in [2.75, 3.05) is 37.8 Å². The summed E-state index contributed by atoms with van der Waals surface area (Å²) in [6.07, 6.45) is 0. The number of nitrogens with zero attached hydrogens (tertiary/aromatic N) is 1. The number of anilines is 1. The molecule has 8 heteroatoms. The third kappa shape index (κ3) is 5.66. The lowest BCUT2D eigenvalue weighted by Gasteiger charge is -2.28. The van der Waals surface area contributed by atoms with Gasteiger partial charge in [-0.05, 0) is 23.8 Å². The number of carbonyl (C=O) groups excluding carboxylic acids is 1. The zero-order valence-corrected chi connectivity index (χ0v) is 16.8. The van der Waals surface area contributed by atoms with Crippen molar-refractivity contribution in [3.8, 4) is 5.75 Å². The second-order valence-corrected chi connectivity index (χ2v) is 7.25. The van der Waals surface area contributed by atoms with E-state index in [4.69, 9.17) is 44.3 Å². The Labute approximate surface area is 173 Å². The highest BCUT2D eigenvalue weighted by Crippen LogP contribution is 2.33. The summed E-state index contributed by atoms with van der Waals surface area (Å²) in [5, 5.41) is 3.76. The Hall–Kier alpha value is -1.66. The van der Waals surface area contributed by atoms with Crippen LogP contribution in [-0.4, -0.2) is 38.8 Å². The van der Waals surface area contributed by atoms with Crippen molar-refractivity contribution in [1.82, 2.24) is 5.32 Å². The van der Waals surface area contributed by atoms with E-state index in [0.29, 0.717) is 27.4 Å². The maximum absolute atomic E-state index is 12.0. The molecule has 0 aliphatic carbocycles. The molecule has 0 radical (unpaired) electrons. The molecule has 2 aromatic rings. The molecule has 1 amide bonds. The van der Waals surface area contributed by atoms with Gasteiger partial charge in [0.1, 0.15) is 5.75 Å². The van der Waals surface area contributed by atoms with Crippen LogP contribution in [0.4, 0.5) is 5.69 Å². The van der Waals surface area contributed by atoms with E-state index in [1.165, 1.54) is 12.1 Å². The minimum absolute atomic E-state index is 0.163. The van der Waals surface area contributed by atoms with Gasteiger partial charge in [0.15, 0.2) is 6.61 Å². The van der Waals surface area contributed by atoms with Gasteiger partial charge in [-0.2, -0.15) is 0 Å². The number of rotatable bonds is 6. The highest BCUT2D eigenvalue weighted by molar-refractivity contribution is 6.43. The van der Waals surface area contributed by atoms with Crippen molar-refractivity contribution in [3.63, 3.8) is 0 Å². The summed E-state index contributed by atoms with van der Waals surface area (Å²) in [4.78, 5) is 14.3. The fourth-order valence-corrected chi connectivity index (χ4v) is 3.25. The molecule has 2 aromatic carbocycles. The van der Waals surface area contributed by atoms with E-state index >= 15 is 0 Å². The predicted molar refractivity (Wildman–Crippen MR) is 108 cm³/mol. The summed E-state index contributed by atoms with van der Waals surface area (Å²) in [5.74, 6) is 0.0606. The second kappa shape index (κ2) is 9.51. The fraction of sp³-hybridized carbons (Fsp3) is 0.316. The molecule has 1 saturated heterocycles. The third-order valence-electron chi connectivity index (χ3n) is 4.14. The zero-order chi connectivity index (χ0) is 19.2. The van der Waals surface area contributed by atoms with Crippen LogP contribution in [0.5, 0.6) is 5.75 Å². The first-order valence-corrected chi connectivity index (χ1v) is 9.62. The number of nitrogens with one attached hydrogen (secondary N) is 1. The standard InChI is InChI=1S/C19H19Cl3N2O3/c20-15-9-17(22)18(10-16(15)21)27-12-19(25)23-11-13-1-3-14(4-2-13)24-5-7-26-8-6-24/h1-4,9-10H,5-8,11-12H2,(H,23,25). The summed E-state index contributed by atoms with van der Waals surface area (Å²) in [6, 6.07) is 11.1. The van der Waals surface area contributed by atoms with Gasteiger partial charge in [-0.1, -0.05) is 46.9 Å². The largest absolute Gasteiger partial charge is 0.482 e. The lowest BCUT2D eigenvalue weighted by atomic mass is 10.2. The number of morpholine rings is 1. The van der Waals surface area contributed by atoms with Crippen molar-refractivity contribution in [3.05, 3.63) is 57.0 Å². The molecule has 0 spiro atoms. The van der Waals surface area contributed by atoms with Crippen LogP contribution in [0, 0.1) is 0 Å². The molecule has 5 nitrogen and oxygen atoms in total. The number of carbonyl (C=O) groups is 1. The van der Waals surface area contributed by atoms with Gasteiger partial charge in [-0.25, -0.2) is 0 Å². The molecule has 0 aromatic heterocycles. The van der Waals surface area contributed by atoms with Crippen LogP contribution < -0.4 is 15.0 Å². The zero-order valence-electron chi connectivity index (χ0n) is 14.5. The first-order valence-electron chi connectivity index (χ1n) is 8.48. The number of ether oxygens (including phenoxy) is 2. The Morgan fingerprint density at radius 1 is 1.04 bits per heavy atom. The Morgan fingerprint density at radius 2 is 1.70 bits per heavy atom. The quantitative estimate of drug-likeness (QED) is 0.700. The highest BCUT2D eigenvalue weighted by atomic mass is 35.5. The second-order valence-electron chi connectivity index (χ2n) is 6.03. The number of hydrogen-bond donors (Lipinski definition) is 1. The van der Waals surface area contributed by atoms with Crippen LogP contribution in [0.3, 0.4) is 0 Å². The van der Waals surface area contributed by atoms with E-state index in [1.807, 2.05) is 12.1 Å². The number of halogens is 3. The molecule has 1 heterocycles. The minimum Gasteiger partial charge on any atom is -0.482 e. The Kier molecular flexibility index (Phi) is 7.07. The van der Waals surface area contributed by atoms with Gasteiger partial charge in [-0.3, -0.25) is 4.79 Å². The monoisotopic (exact) mass is 428 g/mol. The smallest absolute Gasteiger partial charge is 0.258 e. The van der Waals surface area contributed by atoms with Crippen LogP contribution in [0.25, 0.3) is 0 Å². The van der Waals surface area contributed by atoms with E-state index in [9.17, 15) is 4.79 Å². The van der Waals surface area contributed by atoms with Crippen LogP contribution >= 0.6 is 34.8 Å². The third-order valence-corrected chi connectivity index (χ3v) is 5.15. The molecule has 27 heavy (non-hydrogen) atoms. The maximum Gasteiger partial charge on any atom is 0.258 e. The van der Waals surface area contributed by atoms with E-state index in [1.54, 1.807) is 0 Å². The van der Waals surface area contributed by atoms with Crippen molar-refractivity contribution < 1.29 is 14.3 Å². The lowest BCUT2D eigenvalue weighted by molar-refractivity contribution is -0.123. The van der Waals surface area contributed by atoms with Gasteiger partial charge >= 0.3 is 0 Å². The Bertz CT molecular complexity index is 794. The molecule has 0 saturated carbocycles. The van der Waals surface area contributed by atoms with Gasteiger partial charge in [0, 0.05) is 31.4 Å². The molecule has 1 aliphatic heterocycles. The highest BCUT2D eigenvalue weighted by Gasteiger charge is 2.12. The van der Waals surface area contributed by atoms with Crippen molar-refractivity contribution in [2.45, 2.75) is 6.54 Å². The molecule has 1 N–H and O–H groups in total. The number of hydrogen-bond acceptors (Lipinski definition) is 4. The van der Waals surface area contributed by atoms with Crippen LogP contribution in [-0.2, 0) is 16.1 Å². The van der Waals surface area contributed by atoms with Crippen LogP contribution in [0.1, 0.15) is 5.56 Å². The average Bonchev–Trinajstić information content (AvgIpc) is 2.69. The molecule has 144 valence electrons. The number of benzene rings is 2. The Balaban J connectivity index is 1.47. The normalized spacial score (nSPS) is 14.1. The summed E-state index contributed by atoms with van der Waals surface area (Å²) in [7, 11) is 0. The average molecular weight is 430 g/mol. The molecular formula is C19H19Cl3N2O3. The summed E-state index contributed by atoms with van der Waals surface area (Å²) in [5.41, 5.74) is 2.17. The van der Waals surface area contributed by atoms with E-state index < -0.39 is 0 Å². The van der Waals surface area contributed by atoms with Crippen LogP contribution in [0.2, 0.25) is 15.1 Å². The molecule has 1 fully saturated rings. The summed E-state index contributed by atoms with van der Waals surface area (Å²) in [6.45, 7) is 3.54. The van der Waals surface area contributed by atoms with Gasteiger partial charge in [0.25, 0.3) is 5.91 Å². The summed E-state index contributed by atoms with van der Waals surface area (Å²) < 4.78 is 10.8. The fourth-order valence-electron chi connectivity index (χ4n) is 2.66. The Morgan fingerprint density at radius 3 is 2.41 bits per heavy atom. The first kappa shape index (κ1) is 20.1. The van der Waals surface area contributed by atoms with E-state index in [-0.39, 0.29) is 12.5 Å². The summed E-state index contributed by atoms with van der Waals surface area (Å²) >= 11 is 17.8. The van der Waals surface area contributed by atoms with E-state index in [2.05, 4.69) is 22.3 Å². The predicted octanol–water partition coefficient (Wildman–Crippen LogP) is 4.18. The molecule has 0 bridgehead atoms. The number of amides is 1.